The molecule has 7 nitrogen and oxygen atoms in total. The van der Waals surface area contributed by atoms with Gasteiger partial charge in [-0.25, -0.2) is 0 Å². The second kappa shape index (κ2) is 23.9. The van der Waals surface area contributed by atoms with Crippen LogP contribution in [0.5, 0.6) is 17.2 Å². The Balaban J connectivity index is 0.000000215. The van der Waals surface area contributed by atoms with E-state index in [0.717, 1.165) is 38.9 Å². The third kappa shape index (κ3) is 10.1. The number of phenolic OH excluding ortho intramolecular Hbond substituents is 3. The number of methoxy groups -OCH3 is 2. The zero-order valence-electron chi connectivity index (χ0n) is 46.2. The number of aromatic hydroxyl groups is 3. The van der Waals surface area contributed by atoms with Crippen molar-refractivity contribution in [3.8, 4) is 50.6 Å². The number of para-hydroxylation sites is 1. The molecule has 0 spiro atoms. The van der Waals surface area contributed by atoms with Crippen molar-refractivity contribution in [1.82, 2.24) is 4.90 Å². The Hall–Kier alpha value is -7.34. The molecule has 0 aliphatic heterocycles. The van der Waals surface area contributed by atoms with E-state index in [4.69, 9.17) is 10.5 Å². The van der Waals surface area contributed by atoms with Crippen molar-refractivity contribution in [1.29, 1.82) is 0 Å². The van der Waals surface area contributed by atoms with Crippen LogP contribution in [0, 0.1) is 13.8 Å². The molecule has 402 valence electrons. The third-order valence-electron chi connectivity index (χ3n) is 16.6. The van der Waals surface area contributed by atoms with Crippen LogP contribution in [-0.2, 0) is 61.2 Å². The first kappa shape index (κ1) is 56.4. The first-order valence-electron chi connectivity index (χ1n) is 26.9. The Morgan fingerprint density at radius 3 is 1.16 bits per heavy atom. The van der Waals surface area contributed by atoms with Crippen molar-refractivity contribution in [2.45, 2.75) is 64.0 Å². The van der Waals surface area contributed by atoms with Gasteiger partial charge in [0.1, 0.15) is 17.2 Å². The normalized spacial score (nSPS) is 13.9. The van der Waals surface area contributed by atoms with Crippen LogP contribution in [0.2, 0.25) is 0 Å². The SMILES string of the molecule is COCCN.COCCN(Cc1cccc(C2(C)c3ccccc3-c3ccccc32)c1O)Cc1cc(C)cc(C2(C)c3ccccc3-c3ccccc32)c1O.Cc1ccc(O)c(C2(C)c3ccccc3-c3ccccc32)c1.S=S. The number of nitrogens with zero attached hydrogens (tertiary/aromatic N) is 1. The number of nitrogens with two attached hydrogens (primary N) is 1. The molecule has 0 saturated carbocycles. The van der Waals surface area contributed by atoms with E-state index in [-0.39, 0.29) is 5.41 Å². The quantitative estimate of drug-likeness (QED) is 0.0951. The van der Waals surface area contributed by atoms with Gasteiger partial charge >= 0.3 is 0 Å². The van der Waals surface area contributed by atoms with Gasteiger partial charge in [-0.3, -0.25) is 4.90 Å². The van der Waals surface area contributed by atoms with Gasteiger partial charge in [0.25, 0.3) is 0 Å². The van der Waals surface area contributed by atoms with Crippen LogP contribution in [0.1, 0.15) is 93.1 Å². The molecule has 79 heavy (non-hydrogen) atoms. The maximum absolute atomic E-state index is 12.2. The van der Waals surface area contributed by atoms with Crippen LogP contribution in [0.3, 0.4) is 0 Å². The summed E-state index contributed by atoms with van der Waals surface area (Å²) in [6, 6.07) is 67.5. The molecule has 5 N–H and O–H groups in total. The number of rotatable bonds is 12. The van der Waals surface area contributed by atoms with Crippen molar-refractivity contribution in [3.63, 3.8) is 0 Å². The van der Waals surface area contributed by atoms with Crippen LogP contribution in [0.15, 0.2) is 194 Å². The number of fused-ring (bicyclic) bond motifs is 9. The fraction of sp³-hybridized carbons (Fsp3) is 0.229. The van der Waals surface area contributed by atoms with Gasteiger partial charge in [0, 0.05) is 107 Å². The molecule has 9 aromatic carbocycles. The second-order valence-electron chi connectivity index (χ2n) is 21.3. The average Bonchev–Trinajstić information content (AvgIpc) is 4.06. The molecule has 0 amide bonds. The van der Waals surface area contributed by atoms with Gasteiger partial charge in [-0.1, -0.05) is 199 Å². The van der Waals surface area contributed by atoms with E-state index < -0.39 is 10.8 Å². The van der Waals surface area contributed by atoms with E-state index in [2.05, 4.69) is 243 Å². The molecule has 3 aliphatic carbocycles. The summed E-state index contributed by atoms with van der Waals surface area (Å²) < 4.78 is 10.1. The lowest BCUT2D eigenvalue weighted by molar-refractivity contribution is 0.138. The maximum Gasteiger partial charge on any atom is 0.124 e. The number of hydrogen-bond donors (Lipinski definition) is 4. The van der Waals surface area contributed by atoms with Crippen LogP contribution >= 0.6 is 0 Å². The van der Waals surface area contributed by atoms with E-state index in [1.807, 2.05) is 12.1 Å². The maximum atomic E-state index is 12.2. The smallest absolute Gasteiger partial charge is 0.124 e. The molecular formula is C70H70N2O5S2. The molecule has 12 rings (SSSR count). The number of ether oxygens (including phenoxy) is 2. The highest BCUT2D eigenvalue weighted by atomic mass is 32.8. The van der Waals surface area contributed by atoms with Crippen molar-refractivity contribution in [2.75, 3.05) is 40.5 Å². The molecule has 9 heteroatoms. The molecule has 0 radical (unpaired) electrons. The zero-order chi connectivity index (χ0) is 56.1. The lowest BCUT2D eigenvalue weighted by Gasteiger charge is -2.32. The third-order valence-corrected chi connectivity index (χ3v) is 16.6. The summed E-state index contributed by atoms with van der Waals surface area (Å²) >= 11 is 7.33. The van der Waals surface area contributed by atoms with Gasteiger partial charge in [0.2, 0.25) is 0 Å². The Morgan fingerprint density at radius 1 is 0.405 bits per heavy atom. The summed E-state index contributed by atoms with van der Waals surface area (Å²) in [5, 5.41) is 34.8. The first-order valence-corrected chi connectivity index (χ1v) is 28.2. The van der Waals surface area contributed by atoms with Crippen molar-refractivity contribution in [2.24, 2.45) is 5.73 Å². The predicted octanol–water partition coefficient (Wildman–Crippen LogP) is 14.3. The predicted molar refractivity (Wildman–Crippen MR) is 328 cm³/mol. The molecule has 0 aromatic heterocycles. The largest absolute Gasteiger partial charge is 0.508 e. The Bertz CT molecular complexity index is 3510. The molecular weight excluding hydrogens is 1010 g/mol. The lowest BCUT2D eigenvalue weighted by atomic mass is 9.73. The summed E-state index contributed by atoms with van der Waals surface area (Å²) in [7, 11) is 3.34. The van der Waals surface area contributed by atoms with Crippen molar-refractivity contribution >= 4 is 22.4 Å². The lowest BCUT2D eigenvalue weighted by Crippen LogP contribution is -2.28. The topological polar surface area (TPSA) is 108 Å². The van der Waals surface area contributed by atoms with Crippen molar-refractivity contribution in [3.05, 3.63) is 266 Å². The Morgan fingerprint density at radius 2 is 0.759 bits per heavy atom. The summed E-state index contributed by atoms with van der Waals surface area (Å²) in [5.74, 6) is 0.987. The number of hydrogen-bond acceptors (Lipinski definition) is 9. The van der Waals surface area contributed by atoms with E-state index in [1.165, 1.54) is 66.8 Å². The highest BCUT2D eigenvalue weighted by Gasteiger charge is 2.45. The molecule has 0 bridgehead atoms. The van der Waals surface area contributed by atoms with Crippen LogP contribution in [0.25, 0.3) is 33.4 Å². The zero-order valence-corrected chi connectivity index (χ0v) is 47.9. The van der Waals surface area contributed by atoms with E-state index in [0.29, 0.717) is 56.6 Å². The van der Waals surface area contributed by atoms with E-state index in [9.17, 15) is 15.3 Å². The molecule has 0 heterocycles. The summed E-state index contributed by atoms with van der Waals surface area (Å²) in [4.78, 5) is 2.26. The van der Waals surface area contributed by atoms with Gasteiger partial charge in [0.05, 0.1) is 13.2 Å². The van der Waals surface area contributed by atoms with Gasteiger partial charge in [-0.2, -0.15) is 0 Å². The van der Waals surface area contributed by atoms with Crippen molar-refractivity contribution < 1.29 is 24.8 Å². The van der Waals surface area contributed by atoms with Crippen LogP contribution in [0.4, 0.5) is 0 Å². The molecule has 0 unspecified atom stereocenters. The number of phenols is 3. The van der Waals surface area contributed by atoms with Crippen LogP contribution in [-0.4, -0.2) is 60.7 Å². The molecule has 0 saturated heterocycles. The highest BCUT2D eigenvalue weighted by Crippen LogP contribution is 2.57. The minimum atomic E-state index is -0.509. The van der Waals surface area contributed by atoms with E-state index in [1.54, 1.807) is 20.3 Å². The average molecular weight is 1080 g/mol. The Kier molecular flexibility index (Phi) is 17.1. The van der Waals surface area contributed by atoms with Gasteiger partial charge in [-0.05, 0) is 107 Å². The molecule has 9 aromatic rings. The summed E-state index contributed by atoms with van der Waals surface area (Å²) in [5.41, 5.74) is 25.1. The van der Waals surface area contributed by atoms with Gasteiger partial charge in [0.15, 0.2) is 0 Å². The highest BCUT2D eigenvalue weighted by molar-refractivity contribution is 8.07. The van der Waals surface area contributed by atoms with Gasteiger partial charge < -0.3 is 30.5 Å². The van der Waals surface area contributed by atoms with E-state index >= 15 is 0 Å². The first-order chi connectivity index (χ1) is 38.3. The number of aryl methyl sites for hydroxylation is 2. The number of benzene rings is 9. The van der Waals surface area contributed by atoms with Crippen LogP contribution < -0.4 is 5.73 Å². The minimum Gasteiger partial charge on any atom is -0.508 e. The summed E-state index contributed by atoms with van der Waals surface area (Å²) in [6.07, 6.45) is 0. The molecule has 3 aliphatic rings. The summed E-state index contributed by atoms with van der Waals surface area (Å²) in [6.45, 7) is 14.3. The Labute approximate surface area is 476 Å². The fourth-order valence-corrected chi connectivity index (χ4v) is 12.8. The van der Waals surface area contributed by atoms with Gasteiger partial charge in [-0.15, -0.1) is 0 Å². The monoisotopic (exact) mass is 1080 g/mol. The standard InChI is InChI=1S/C46H43NO3.C21H18O.C3H9NO.S2/c1-30-26-32(44(49)42(27-30)46(3)39-21-11-7-17-35(39)36-18-8-12-22-40(36)46)29-47(24-25-50-4)28-31-14-13-23-41(43(31)48)45(2)37-19-9-5-15-33(37)34-16-6-10-20-38(34)45;1-14-11-12-20(22)19(13-14)21(2)17-9-5-3-7-15(17)16-8-4-6-10-18(16)21;1-5-3-2-4;1-2/h5-23,26-27,48-49H,24-25,28-29H2,1-4H3;3-13,22H,1-2H3;2-4H2,1H3;. The molecule has 0 fully saturated rings. The second-order valence-corrected chi connectivity index (χ2v) is 21.3. The molecule has 0 atom stereocenters. The minimum absolute atomic E-state index is 0.310. The fourth-order valence-electron chi connectivity index (χ4n) is 12.8.